The number of Topliss-reactive ketones (excluding diaryl/α,β-unsaturated/α-hetero) is 2. The van der Waals surface area contributed by atoms with Gasteiger partial charge in [0.2, 0.25) is 5.91 Å². The molecule has 0 heterocycles. The van der Waals surface area contributed by atoms with Crippen LogP contribution < -0.4 is 10.6 Å². The highest BCUT2D eigenvalue weighted by Gasteiger charge is 2.23. The lowest BCUT2D eigenvalue weighted by atomic mass is 9.91. The number of ether oxygens (including phenoxy) is 4. The van der Waals surface area contributed by atoms with Crippen LogP contribution in [0.5, 0.6) is 0 Å². The molecule has 0 rings (SSSR count). The highest BCUT2D eigenvalue weighted by atomic mass is 16.5. The Hall–Kier alpha value is -1.92. The minimum atomic E-state index is -0.958. The van der Waals surface area contributed by atoms with Crippen molar-refractivity contribution < 1.29 is 43.2 Å². The van der Waals surface area contributed by atoms with E-state index in [0.717, 1.165) is 0 Å². The van der Waals surface area contributed by atoms with Crippen molar-refractivity contribution in [2.75, 3.05) is 59.4 Å². The van der Waals surface area contributed by atoms with Crippen molar-refractivity contribution in [1.82, 2.24) is 10.6 Å². The minimum absolute atomic E-state index is 0.00521. The van der Waals surface area contributed by atoms with Crippen LogP contribution in [0.3, 0.4) is 0 Å². The molecule has 0 unspecified atom stereocenters. The van der Waals surface area contributed by atoms with E-state index >= 15 is 0 Å². The molecule has 0 aromatic heterocycles. The smallest absolute Gasteiger partial charge is 0.320 e. The van der Waals surface area contributed by atoms with Crippen LogP contribution in [0.1, 0.15) is 67.2 Å². The monoisotopic (exact) mass is 532 g/mol. The zero-order chi connectivity index (χ0) is 28.3. The summed E-state index contributed by atoms with van der Waals surface area (Å²) in [6.45, 7) is 13.4. The fourth-order valence-corrected chi connectivity index (χ4v) is 2.88. The van der Waals surface area contributed by atoms with Crippen molar-refractivity contribution in [2.45, 2.75) is 78.8 Å². The van der Waals surface area contributed by atoms with E-state index < -0.39 is 17.4 Å². The van der Waals surface area contributed by atoms with Gasteiger partial charge in [0.15, 0.2) is 5.78 Å². The predicted molar refractivity (Wildman–Crippen MR) is 139 cm³/mol. The molecule has 0 aliphatic rings. The summed E-state index contributed by atoms with van der Waals surface area (Å²) >= 11 is 0. The van der Waals surface area contributed by atoms with Gasteiger partial charge in [-0.05, 0) is 33.6 Å². The number of carboxylic acid groups (broad SMARTS) is 1. The van der Waals surface area contributed by atoms with Crippen LogP contribution in [-0.4, -0.2) is 99.5 Å². The van der Waals surface area contributed by atoms with E-state index in [1.807, 2.05) is 41.5 Å². The Kier molecular flexibility index (Phi) is 18.2. The number of rotatable bonds is 22. The first-order valence-corrected chi connectivity index (χ1v) is 12.9. The molecule has 3 N–H and O–H groups in total. The van der Waals surface area contributed by atoms with Gasteiger partial charge in [0.05, 0.1) is 33.0 Å². The topological polar surface area (TPSA) is 149 Å². The summed E-state index contributed by atoms with van der Waals surface area (Å²) < 4.78 is 21.3. The Bertz CT molecular complexity index is 685. The molecular formula is C26H48N2O9. The standard InChI is InChI=1S/C26H48N2O9/c1-25(2,3)22(30)18-36-16-15-35-13-11-27-23(31)19-37-17-14-34-12-7-8-20(29)9-10-21(24(32)33)28-26(4,5)6/h21,28H,7-19H2,1-6H3,(H,27,31)(H,32,33)/t21-/m0/s1. The van der Waals surface area contributed by atoms with Crippen molar-refractivity contribution in [3.63, 3.8) is 0 Å². The van der Waals surface area contributed by atoms with Gasteiger partial charge >= 0.3 is 5.97 Å². The number of hydrogen-bond acceptors (Lipinski definition) is 9. The normalized spacial score (nSPS) is 12.8. The molecule has 0 radical (unpaired) electrons. The second kappa shape index (κ2) is 19.2. The molecule has 11 heteroatoms. The minimum Gasteiger partial charge on any atom is -0.480 e. The lowest BCUT2D eigenvalue weighted by molar-refractivity contribution is -0.140. The average molecular weight is 533 g/mol. The first kappa shape index (κ1) is 35.1. The lowest BCUT2D eigenvalue weighted by Crippen LogP contribution is -2.47. The molecule has 0 saturated heterocycles. The maximum Gasteiger partial charge on any atom is 0.320 e. The Balaban J connectivity index is 3.59. The van der Waals surface area contributed by atoms with Crippen molar-refractivity contribution in [1.29, 1.82) is 0 Å². The van der Waals surface area contributed by atoms with Crippen LogP contribution in [0.15, 0.2) is 0 Å². The zero-order valence-corrected chi connectivity index (χ0v) is 23.5. The van der Waals surface area contributed by atoms with E-state index in [0.29, 0.717) is 52.4 Å². The summed E-state index contributed by atoms with van der Waals surface area (Å²) in [7, 11) is 0. The van der Waals surface area contributed by atoms with Crippen molar-refractivity contribution in [3.05, 3.63) is 0 Å². The molecule has 0 aromatic rings. The number of aliphatic carboxylic acids is 1. The highest BCUT2D eigenvalue weighted by molar-refractivity contribution is 5.84. The summed E-state index contributed by atoms with van der Waals surface area (Å²) in [4.78, 5) is 46.7. The van der Waals surface area contributed by atoms with Gasteiger partial charge in [-0.2, -0.15) is 0 Å². The Morgan fingerprint density at radius 1 is 0.757 bits per heavy atom. The molecule has 0 saturated carbocycles. The van der Waals surface area contributed by atoms with Crippen LogP contribution in [0.4, 0.5) is 0 Å². The predicted octanol–water partition coefficient (Wildman–Crippen LogP) is 1.76. The van der Waals surface area contributed by atoms with Gasteiger partial charge in [-0.25, -0.2) is 0 Å². The largest absolute Gasteiger partial charge is 0.480 e. The number of carbonyl (C=O) groups is 4. The van der Waals surface area contributed by atoms with Crippen molar-refractivity contribution in [2.24, 2.45) is 5.41 Å². The number of amides is 1. The fourth-order valence-electron chi connectivity index (χ4n) is 2.88. The molecule has 0 aliphatic heterocycles. The number of hydrogen-bond donors (Lipinski definition) is 3. The molecule has 0 aliphatic carbocycles. The Labute approximate surface area is 221 Å². The van der Waals surface area contributed by atoms with E-state index in [2.05, 4.69) is 10.6 Å². The quantitative estimate of drug-likeness (QED) is 0.176. The summed E-state index contributed by atoms with van der Waals surface area (Å²) in [5.74, 6) is -1.18. The molecular weight excluding hydrogens is 484 g/mol. The van der Waals surface area contributed by atoms with Crippen molar-refractivity contribution >= 4 is 23.4 Å². The molecule has 37 heavy (non-hydrogen) atoms. The maximum atomic E-state index is 12.0. The average Bonchev–Trinajstić information content (AvgIpc) is 2.78. The molecule has 11 nitrogen and oxygen atoms in total. The number of ketones is 2. The summed E-state index contributed by atoms with van der Waals surface area (Å²) in [6, 6.07) is -0.752. The third kappa shape index (κ3) is 21.8. The Morgan fingerprint density at radius 2 is 1.32 bits per heavy atom. The molecule has 0 aromatic carbocycles. The fraction of sp³-hybridized carbons (Fsp3) is 0.846. The zero-order valence-electron chi connectivity index (χ0n) is 23.5. The Morgan fingerprint density at radius 3 is 1.89 bits per heavy atom. The maximum absolute atomic E-state index is 12.0. The van der Waals surface area contributed by atoms with Gasteiger partial charge in [0.25, 0.3) is 0 Å². The first-order chi connectivity index (χ1) is 17.2. The molecule has 216 valence electrons. The molecule has 0 spiro atoms. The van der Waals surface area contributed by atoms with Crippen LogP contribution in [0, 0.1) is 5.41 Å². The van der Waals surface area contributed by atoms with Gasteiger partial charge in [-0.3, -0.25) is 24.5 Å². The molecule has 0 fully saturated rings. The van der Waals surface area contributed by atoms with Gasteiger partial charge in [0.1, 0.15) is 25.0 Å². The number of carbonyl (C=O) groups excluding carboxylic acids is 3. The summed E-state index contributed by atoms with van der Waals surface area (Å²) in [5.41, 5.74) is -0.761. The number of carboxylic acids is 1. The second-order valence-electron chi connectivity index (χ2n) is 10.8. The van der Waals surface area contributed by atoms with Crippen LogP contribution in [0.2, 0.25) is 0 Å². The SMILES string of the molecule is CC(C)(C)N[C@@H](CCC(=O)CCCOCCOCC(=O)NCCOCCOCC(=O)C(C)(C)C)C(=O)O. The van der Waals surface area contributed by atoms with Gasteiger partial charge in [-0.15, -0.1) is 0 Å². The molecule has 0 bridgehead atoms. The third-order valence-electron chi connectivity index (χ3n) is 4.98. The van der Waals surface area contributed by atoms with Gasteiger partial charge < -0.3 is 29.4 Å². The van der Waals surface area contributed by atoms with Gasteiger partial charge in [-0.1, -0.05) is 20.8 Å². The summed E-state index contributed by atoms with van der Waals surface area (Å²) in [5, 5.41) is 15.0. The summed E-state index contributed by atoms with van der Waals surface area (Å²) in [6.07, 6.45) is 1.33. The highest BCUT2D eigenvalue weighted by Crippen LogP contribution is 2.14. The van der Waals surface area contributed by atoms with E-state index in [1.165, 1.54) is 0 Å². The molecule has 1 atom stereocenters. The third-order valence-corrected chi connectivity index (χ3v) is 4.98. The van der Waals surface area contributed by atoms with Crippen LogP contribution >= 0.6 is 0 Å². The van der Waals surface area contributed by atoms with E-state index in [4.69, 9.17) is 18.9 Å². The van der Waals surface area contributed by atoms with E-state index in [-0.39, 0.29) is 55.7 Å². The van der Waals surface area contributed by atoms with Gasteiger partial charge in [0, 0.05) is 36.9 Å². The molecule has 1 amide bonds. The number of nitrogens with one attached hydrogen (secondary N) is 2. The first-order valence-electron chi connectivity index (χ1n) is 12.9. The van der Waals surface area contributed by atoms with Crippen LogP contribution in [-0.2, 0) is 38.1 Å². The second-order valence-corrected chi connectivity index (χ2v) is 10.8. The van der Waals surface area contributed by atoms with Crippen molar-refractivity contribution in [3.8, 4) is 0 Å². The lowest BCUT2D eigenvalue weighted by Gasteiger charge is -2.25. The van der Waals surface area contributed by atoms with E-state index in [1.54, 1.807) is 0 Å². The van der Waals surface area contributed by atoms with Crippen LogP contribution in [0.25, 0.3) is 0 Å². The van der Waals surface area contributed by atoms with E-state index in [9.17, 15) is 24.3 Å².